The molecule has 4 rings (SSSR count). The van der Waals surface area contributed by atoms with Crippen LogP contribution in [0.2, 0.25) is 0 Å². The molecule has 0 saturated carbocycles. The topological polar surface area (TPSA) is 101 Å². The average Bonchev–Trinajstić information content (AvgIpc) is 3.23. The number of hydrogen-bond acceptors (Lipinski definition) is 6. The summed E-state index contributed by atoms with van der Waals surface area (Å²) in [5.74, 6) is 1.16. The number of hydrogen-bond donors (Lipinski definition) is 3. The van der Waals surface area contributed by atoms with E-state index in [2.05, 4.69) is 20.6 Å². The van der Waals surface area contributed by atoms with Crippen LogP contribution in [0.3, 0.4) is 0 Å². The molecule has 30 heavy (non-hydrogen) atoms. The minimum Gasteiger partial charge on any atom is -0.497 e. The molecule has 0 aliphatic carbocycles. The Labute approximate surface area is 173 Å². The van der Waals surface area contributed by atoms with E-state index in [4.69, 9.17) is 9.84 Å². The Bertz CT molecular complexity index is 1170. The van der Waals surface area contributed by atoms with Gasteiger partial charge in [0.1, 0.15) is 5.75 Å². The number of anilines is 2. The molecular formula is C22H21N5O3. The van der Waals surface area contributed by atoms with Crippen LogP contribution in [0.4, 0.5) is 11.5 Å². The number of benzene rings is 2. The molecule has 0 aliphatic heterocycles. The van der Waals surface area contributed by atoms with E-state index in [1.165, 1.54) is 0 Å². The molecule has 0 unspecified atom stereocenters. The monoisotopic (exact) mass is 403 g/mol. The van der Waals surface area contributed by atoms with Gasteiger partial charge in [-0.25, -0.2) is 9.97 Å². The summed E-state index contributed by atoms with van der Waals surface area (Å²) in [6.07, 6.45) is 5.28. The van der Waals surface area contributed by atoms with Crippen molar-refractivity contribution in [1.82, 2.24) is 19.7 Å². The zero-order chi connectivity index (χ0) is 20.9. The predicted octanol–water partition coefficient (Wildman–Crippen LogP) is 2.87. The highest BCUT2D eigenvalue weighted by Crippen LogP contribution is 2.26. The van der Waals surface area contributed by atoms with Crippen molar-refractivity contribution >= 4 is 23.1 Å². The van der Waals surface area contributed by atoms with Gasteiger partial charge in [0.2, 0.25) is 0 Å². The van der Waals surface area contributed by atoms with Crippen molar-refractivity contribution in [3.8, 4) is 17.0 Å². The fraction of sp³-hybridized carbons (Fsp3) is 0.136. The van der Waals surface area contributed by atoms with Crippen molar-refractivity contribution in [2.75, 3.05) is 25.6 Å². The molecule has 4 aromatic rings. The van der Waals surface area contributed by atoms with Gasteiger partial charge >= 0.3 is 0 Å². The Morgan fingerprint density at radius 3 is 2.77 bits per heavy atom. The second-order valence-corrected chi connectivity index (χ2v) is 6.53. The summed E-state index contributed by atoms with van der Waals surface area (Å²) < 4.78 is 7.11. The number of aliphatic hydroxyl groups excluding tert-OH is 1. The fourth-order valence-electron chi connectivity index (χ4n) is 3.12. The first kappa shape index (κ1) is 19.4. The highest BCUT2D eigenvalue weighted by molar-refractivity contribution is 5.95. The molecule has 2 aromatic carbocycles. The minimum atomic E-state index is -0.233. The number of carbonyl (C=O) groups is 1. The van der Waals surface area contributed by atoms with Crippen molar-refractivity contribution < 1.29 is 14.6 Å². The first-order chi connectivity index (χ1) is 14.7. The number of rotatable bonds is 7. The van der Waals surface area contributed by atoms with Gasteiger partial charge in [-0.2, -0.15) is 0 Å². The molecule has 152 valence electrons. The molecule has 8 heteroatoms. The lowest BCUT2D eigenvalue weighted by atomic mass is 10.1. The molecule has 0 saturated heterocycles. The number of nitrogens with zero attached hydrogens (tertiary/aromatic N) is 3. The normalized spacial score (nSPS) is 10.7. The summed E-state index contributed by atoms with van der Waals surface area (Å²) >= 11 is 0. The van der Waals surface area contributed by atoms with Gasteiger partial charge in [-0.1, -0.05) is 12.1 Å². The standard InChI is InChI=1S/C22H21N5O3/c1-30-18-7-5-17(6-8-18)26-20-21-25-14-19(27(21)11-9-23-20)15-3-2-4-16(13-15)22(29)24-10-12-28/h2-9,11,13-14,28H,10,12H2,1H3,(H,23,26)(H,24,29). The molecule has 0 spiro atoms. The minimum absolute atomic E-state index is 0.102. The van der Waals surface area contributed by atoms with E-state index in [0.717, 1.165) is 22.7 Å². The number of carbonyl (C=O) groups excluding carboxylic acids is 1. The van der Waals surface area contributed by atoms with Crippen LogP contribution in [0.1, 0.15) is 10.4 Å². The maximum absolute atomic E-state index is 12.2. The molecule has 0 fully saturated rings. The summed E-state index contributed by atoms with van der Waals surface area (Å²) in [6.45, 7) is 0.112. The van der Waals surface area contributed by atoms with Crippen molar-refractivity contribution in [3.63, 3.8) is 0 Å². The van der Waals surface area contributed by atoms with Gasteiger partial charge in [0.15, 0.2) is 11.5 Å². The Balaban J connectivity index is 1.65. The molecule has 1 amide bonds. The number of imidazole rings is 1. The fourth-order valence-corrected chi connectivity index (χ4v) is 3.12. The summed E-state index contributed by atoms with van der Waals surface area (Å²) in [4.78, 5) is 21.2. The number of aromatic nitrogens is 3. The molecule has 2 heterocycles. The summed E-state index contributed by atoms with van der Waals surface area (Å²) in [5.41, 5.74) is 3.73. The number of nitrogens with one attached hydrogen (secondary N) is 2. The summed E-state index contributed by atoms with van der Waals surface area (Å²) in [6, 6.07) is 14.8. The van der Waals surface area contributed by atoms with Crippen LogP contribution in [0.5, 0.6) is 5.75 Å². The van der Waals surface area contributed by atoms with Crippen LogP contribution in [-0.4, -0.2) is 45.6 Å². The van der Waals surface area contributed by atoms with Crippen LogP contribution < -0.4 is 15.4 Å². The van der Waals surface area contributed by atoms with Gasteiger partial charge < -0.3 is 20.5 Å². The second-order valence-electron chi connectivity index (χ2n) is 6.53. The molecule has 2 aromatic heterocycles. The number of ether oxygens (including phenoxy) is 1. The van der Waals surface area contributed by atoms with Gasteiger partial charge in [-0.3, -0.25) is 9.20 Å². The zero-order valence-corrected chi connectivity index (χ0v) is 16.4. The van der Waals surface area contributed by atoms with Crippen LogP contribution in [-0.2, 0) is 0 Å². The van der Waals surface area contributed by atoms with Crippen LogP contribution in [0.15, 0.2) is 67.1 Å². The molecule has 0 atom stereocenters. The lowest BCUT2D eigenvalue weighted by Crippen LogP contribution is -2.26. The number of methoxy groups -OCH3 is 1. The van der Waals surface area contributed by atoms with E-state index < -0.39 is 0 Å². The predicted molar refractivity (Wildman–Crippen MR) is 114 cm³/mol. The van der Waals surface area contributed by atoms with Crippen molar-refractivity contribution in [3.05, 3.63) is 72.7 Å². The van der Waals surface area contributed by atoms with Gasteiger partial charge in [0.05, 0.1) is 25.6 Å². The van der Waals surface area contributed by atoms with E-state index in [1.807, 2.05) is 47.0 Å². The van der Waals surface area contributed by atoms with Gasteiger partial charge in [0.25, 0.3) is 5.91 Å². The van der Waals surface area contributed by atoms with Gasteiger partial charge in [-0.15, -0.1) is 0 Å². The number of fused-ring (bicyclic) bond motifs is 1. The van der Waals surface area contributed by atoms with Gasteiger partial charge in [0, 0.05) is 35.8 Å². The Morgan fingerprint density at radius 2 is 2.00 bits per heavy atom. The van der Waals surface area contributed by atoms with Crippen LogP contribution >= 0.6 is 0 Å². The average molecular weight is 403 g/mol. The largest absolute Gasteiger partial charge is 0.497 e. The molecule has 8 nitrogen and oxygen atoms in total. The van der Waals surface area contributed by atoms with E-state index in [9.17, 15) is 4.79 Å². The van der Waals surface area contributed by atoms with E-state index >= 15 is 0 Å². The van der Waals surface area contributed by atoms with Gasteiger partial charge in [-0.05, 0) is 36.4 Å². The van der Waals surface area contributed by atoms with E-state index in [0.29, 0.717) is 17.0 Å². The Hall–Kier alpha value is -3.91. The maximum Gasteiger partial charge on any atom is 0.251 e. The molecule has 0 aliphatic rings. The first-order valence-electron chi connectivity index (χ1n) is 9.42. The third-order valence-corrected chi connectivity index (χ3v) is 4.60. The highest BCUT2D eigenvalue weighted by atomic mass is 16.5. The molecule has 0 radical (unpaired) electrons. The second kappa shape index (κ2) is 8.62. The van der Waals surface area contributed by atoms with E-state index in [-0.39, 0.29) is 19.1 Å². The van der Waals surface area contributed by atoms with Crippen molar-refractivity contribution in [1.29, 1.82) is 0 Å². The smallest absolute Gasteiger partial charge is 0.251 e. The lowest BCUT2D eigenvalue weighted by Gasteiger charge is -2.09. The van der Waals surface area contributed by atoms with Crippen molar-refractivity contribution in [2.45, 2.75) is 0 Å². The van der Waals surface area contributed by atoms with Crippen LogP contribution in [0.25, 0.3) is 16.9 Å². The van der Waals surface area contributed by atoms with Crippen molar-refractivity contribution in [2.24, 2.45) is 0 Å². The first-order valence-corrected chi connectivity index (χ1v) is 9.42. The van der Waals surface area contributed by atoms with E-state index in [1.54, 1.807) is 31.6 Å². The zero-order valence-electron chi connectivity index (χ0n) is 16.4. The molecular weight excluding hydrogens is 382 g/mol. The molecule has 0 bridgehead atoms. The lowest BCUT2D eigenvalue weighted by molar-refractivity contribution is 0.0945. The summed E-state index contributed by atoms with van der Waals surface area (Å²) in [7, 11) is 1.63. The highest BCUT2D eigenvalue weighted by Gasteiger charge is 2.13. The third-order valence-electron chi connectivity index (χ3n) is 4.60. The Kier molecular flexibility index (Phi) is 5.58. The summed E-state index contributed by atoms with van der Waals surface area (Å²) in [5, 5.41) is 14.8. The number of aliphatic hydroxyl groups is 1. The number of amides is 1. The van der Waals surface area contributed by atoms with Crippen LogP contribution in [0, 0.1) is 0 Å². The molecule has 3 N–H and O–H groups in total. The Morgan fingerprint density at radius 1 is 1.17 bits per heavy atom. The quantitative estimate of drug-likeness (QED) is 0.439. The SMILES string of the molecule is COc1ccc(Nc2nccn3c(-c4cccc(C(=O)NCCO)c4)cnc23)cc1. The third kappa shape index (κ3) is 3.94. The maximum atomic E-state index is 12.2.